The van der Waals surface area contributed by atoms with Gasteiger partial charge in [-0.2, -0.15) is 0 Å². The monoisotopic (exact) mass is 402 g/mol. The summed E-state index contributed by atoms with van der Waals surface area (Å²) < 4.78 is 6.80. The molecule has 2 atom stereocenters. The van der Waals surface area contributed by atoms with E-state index in [0.717, 1.165) is 11.0 Å². The number of thioether (sulfide) groups is 1. The van der Waals surface area contributed by atoms with E-state index in [-0.39, 0.29) is 23.6 Å². The van der Waals surface area contributed by atoms with Crippen molar-refractivity contribution in [2.24, 2.45) is 7.05 Å². The van der Waals surface area contributed by atoms with Gasteiger partial charge in [0.25, 0.3) is 5.91 Å². The van der Waals surface area contributed by atoms with Crippen molar-refractivity contribution in [1.82, 2.24) is 14.5 Å². The number of carbonyl (C=O) groups is 3. The van der Waals surface area contributed by atoms with Crippen LogP contribution in [-0.2, 0) is 26.2 Å². The molecule has 0 radical (unpaired) electrons. The Morgan fingerprint density at radius 2 is 2.14 bits per heavy atom. The fourth-order valence-corrected chi connectivity index (χ4v) is 4.72. The van der Waals surface area contributed by atoms with E-state index in [9.17, 15) is 19.5 Å². The number of ether oxygens (including phenoxy) is 1. The molecule has 9 nitrogen and oxygen atoms in total. The standard InChI is InChI=1S/C18H18N4O5S/c1-9(23)27-7-10-8-28-16-13(15(24)22(16)14(10)17(25)26)20-18-19-11-5-3-4-6-12(11)21(18)2/h3-6,13,16H,7-8H2,1-2H3,(H,19,20)(H,25,26)/t13?,16-/m0/s1. The summed E-state index contributed by atoms with van der Waals surface area (Å²) in [5.41, 5.74) is 2.05. The number of carbonyl (C=O) groups excluding carboxylic acids is 2. The molecule has 0 spiro atoms. The number of carboxylic acids is 1. The molecule has 146 valence electrons. The van der Waals surface area contributed by atoms with E-state index in [1.165, 1.54) is 23.6 Å². The molecule has 2 aliphatic heterocycles. The van der Waals surface area contributed by atoms with Crippen molar-refractivity contribution in [3.05, 3.63) is 35.5 Å². The van der Waals surface area contributed by atoms with Crippen molar-refractivity contribution in [2.45, 2.75) is 18.3 Å². The number of fused-ring (bicyclic) bond motifs is 2. The molecule has 3 heterocycles. The van der Waals surface area contributed by atoms with Crippen molar-refractivity contribution in [1.29, 1.82) is 0 Å². The second-order valence-corrected chi connectivity index (χ2v) is 7.66. The van der Waals surface area contributed by atoms with Crippen LogP contribution < -0.4 is 5.32 Å². The molecule has 10 heteroatoms. The molecule has 2 N–H and O–H groups in total. The first-order valence-corrected chi connectivity index (χ1v) is 9.64. The highest BCUT2D eigenvalue weighted by Gasteiger charge is 2.54. The lowest BCUT2D eigenvalue weighted by Gasteiger charge is -2.49. The van der Waals surface area contributed by atoms with E-state index >= 15 is 0 Å². The minimum Gasteiger partial charge on any atom is -0.477 e. The van der Waals surface area contributed by atoms with Crippen LogP contribution in [0.2, 0.25) is 0 Å². The number of aryl methyl sites for hydroxylation is 1. The summed E-state index contributed by atoms with van der Waals surface area (Å²) in [5, 5.41) is 12.4. The van der Waals surface area contributed by atoms with Crippen LogP contribution in [0.4, 0.5) is 5.95 Å². The number of aliphatic carboxylic acids is 1. The van der Waals surface area contributed by atoms with Crippen LogP contribution >= 0.6 is 11.8 Å². The highest BCUT2D eigenvalue weighted by Crippen LogP contribution is 2.41. The second kappa shape index (κ2) is 6.86. The maximum absolute atomic E-state index is 12.7. The number of nitrogens with zero attached hydrogens (tertiary/aromatic N) is 3. The quantitative estimate of drug-likeness (QED) is 0.566. The number of hydrogen-bond donors (Lipinski definition) is 2. The Bertz CT molecular complexity index is 1030. The second-order valence-electron chi connectivity index (χ2n) is 6.55. The van der Waals surface area contributed by atoms with Crippen molar-refractivity contribution < 1.29 is 24.2 Å². The summed E-state index contributed by atoms with van der Waals surface area (Å²) in [7, 11) is 1.85. The first-order chi connectivity index (χ1) is 13.4. The molecule has 1 aromatic heterocycles. The minimum atomic E-state index is -1.21. The van der Waals surface area contributed by atoms with Gasteiger partial charge in [0.1, 0.15) is 23.7 Å². The first kappa shape index (κ1) is 18.4. The zero-order chi connectivity index (χ0) is 20.0. The molecule has 0 saturated carbocycles. The number of aromatic nitrogens is 2. The van der Waals surface area contributed by atoms with Crippen LogP contribution in [0.5, 0.6) is 0 Å². The first-order valence-electron chi connectivity index (χ1n) is 8.60. The van der Waals surface area contributed by atoms with Gasteiger partial charge in [0, 0.05) is 25.3 Å². The fourth-order valence-electron chi connectivity index (χ4n) is 3.40. The van der Waals surface area contributed by atoms with Gasteiger partial charge in [-0.25, -0.2) is 9.78 Å². The van der Waals surface area contributed by atoms with Gasteiger partial charge in [0.05, 0.1) is 11.0 Å². The third-order valence-corrected chi connectivity index (χ3v) is 6.11. The Hall–Kier alpha value is -3.01. The number of amides is 1. The van der Waals surface area contributed by atoms with Crippen LogP contribution in [0, 0.1) is 0 Å². The molecule has 4 rings (SSSR count). The van der Waals surface area contributed by atoms with Crippen LogP contribution in [0.1, 0.15) is 6.92 Å². The predicted molar refractivity (Wildman–Crippen MR) is 103 cm³/mol. The molecular formula is C18H18N4O5S. The molecule has 1 saturated heterocycles. The smallest absolute Gasteiger partial charge is 0.352 e. The molecule has 28 heavy (non-hydrogen) atoms. The molecule has 0 aliphatic carbocycles. The normalized spacial score (nSPS) is 21.4. The molecule has 2 aromatic rings. The predicted octanol–water partition coefficient (Wildman–Crippen LogP) is 1.17. The van der Waals surface area contributed by atoms with Crippen LogP contribution in [0.15, 0.2) is 35.5 Å². The number of β-lactam (4-membered cyclic amide) rings is 1. The summed E-state index contributed by atoms with van der Waals surface area (Å²) in [6, 6.07) is 7.04. The molecule has 1 amide bonds. The van der Waals surface area contributed by atoms with E-state index in [0.29, 0.717) is 17.3 Å². The number of imidazole rings is 1. The summed E-state index contributed by atoms with van der Waals surface area (Å²) in [6.45, 7) is 1.12. The molecule has 2 aliphatic rings. The van der Waals surface area contributed by atoms with Crippen molar-refractivity contribution >= 4 is 46.6 Å². The largest absolute Gasteiger partial charge is 0.477 e. The van der Waals surface area contributed by atoms with E-state index in [2.05, 4.69) is 10.3 Å². The van der Waals surface area contributed by atoms with Crippen molar-refractivity contribution in [3.8, 4) is 0 Å². The summed E-state index contributed by atoms with van der Waals surface area (Å²) in [4.78, 5) is 41.3. The lowest BCUT2D eigenvalue weighted by atomic mass is 10.0. The number of carboxylic acid groups (broad SMARTS) is 1. The van der Waals surface area contributed by atoms with Gasteiger partial charge < -0.3 is 19.7 Å². The van der Waals surface area contributed by atoms with Crippen LogP contribution in [0.25, 0.3) is 11.0 Å². The number of para-hydroxylation sites is 2. The van der Waals surface area contributed by atoms with E-state index in [4.69, 9.17) is 4.74 Å². The molecule has 1 aromatic carbocycles. The van der Waals surface area contributed by atoms with Crippen molar-refractivity contribution in [2.75, 3.05) is 17.7 Å². The average molecular weight is 402 g/mol. The van der Waals surface area contributed by atoms with Gasteiger partial charge in [-0.3, -0.25) is 14.5 Å². The average Bonchev–Trinajstić information content (AvgIpc) is 2.99. The molecular weight excluding hydrogens is 384 g/mol. The van der Waals surface area contributed by atoms with Gasteiger partial charge in [0.15, 0.2) is 0 Å². The van der Waals surface area contributed by atoms with Crippen molar-refractivity contribution in [3.63, 3.8) is 0 Å². The third kappa shape index (κ3) is 2.89. The number of hydrogen-bond acceptors (Lipinski definition) is 7. The molecule has 1 fully saturated rings. The lowest BCUT2D eigenvalue weighted by molar-refractivity contribution is -0.147. The van der Waals surface area contributed by atoms with Gasteiger partial charge in [-0.1, -0.05) is 12.1 Å². The lowest BCUT2D eigenvalue weighted by Crippen LogP contribution is -2.67. The Morgan fingerprint density at radius 3 is 2.82 bits per heavy atom. The van der Waals surface area contributed by atoms with Gasteiger partial charge in [-0.15, -0.1) is 11.8 Å². The number of anilines is 1. The highest BCUT2D eigenvalue weighted by molar-refractivity contribution is 8.00. The van der Waals surface area contributed by atoms with Gasteiger partial charge in [0.2, 0.25) is 5.95 Å². The maximum Gasteiger partial charge on any atom is 0.352 e. The number of rotatable bonds is 5. The molecule has 0 bridgehead atoms. The molecule has 1 unspecified atom stereocenters. The van der Waals surface area contributed by atoms with Gasteiger partial charge >= 0.3 is 11.9 Å². The summed E-state index contributed by atoms with van der Waals surface area (Å²) in [6.07, 6.45) is 0. The highest BCUT2D eigenvalue weighted by atomic mass is 32.2. The van der Waals surface area contributed by atoms with Crippen LogP contribution in [-0.4, -0.2) is 61.2 Å². The number of esters is 1. The SMILES string of the molecule is CC(=O)OCC1=C(C(=O)O)N2C(=O)C(Nc3nc4ccccc4n3C)[C@@H]2SC1. The number of nitrogens with one attached hydrogen (secondary N) is 1. The number of benzene rings is 1. The Balaban J connectivity index is 1.57. The minimum absolute atomic E-state index is 0.0990. The zero-order valence-corrected chi connectivity index (χ0v) is 16.0. The Labute approximate surface area is 164 Å². The van der Waals surface area contributed by atoms with E-state index in [1.54, 1.807) is 0 Å². The zero-order valence-electron chi connectivity index (χ0n) is 15.2. The van der Waals surface area contributed by atoms with E-state index < -0.39 is 18.0 Å². The maximum atomic E-state index is 12.7. The summed E-state index contributed by atoms with van der Waals surface area (Å²) >= 11 is 1.43. The van der Waals surface area contributed by atoms with E-state index in [1.807, 2.05) is 35.9 Å². The topological polar surface area (TPSA) is 114 Å². The Kier molecular flexibility index (Phi) is 4.50. The third-order valence-electron chi connectivity index (χ3n) is 4.77. The van der Waals surface area contributed by atoms with Gasteiger partial charge in [-0.05, 0) is 12.1 Å². The van der Waals surface area contributed by atoms with Crippen LogP contribution in [0.3, 0.4) is 0 Å². The Morgan fingerprint density at radius 1 is 1.39 bits per heavy atom. The summed E-state index contributed by atoms with van der Waals surface area (Å²) in [5.74, 6) is -1.14. The fraction of sp³-hybridized carbons (Fsp3) is 0.333.